The van der Waals surface area contributed by atoms with Crippen LogP contribution in [0.15, 0.2) is 47.6 Å². The van der Waals surface area contributed by atoms with Crippen molar-refractivity contribution in [1.82, 2.24) is 14.8 Å². The predicted octanol–water partition coefficient (Wildman–Crippen LogP) is 4.31. The number of nitrogens with one attached hydrogen (secondary N) is 1. The van der Waals surface area contributed by atoms with Crippen molar-refractivity contribution in [2.24, 2.45) is 7.05 Å². The largest absolute Gasteiger partial charge is 0.497 e. The summed E-state index contributed by atoms with van der Waals surface area (Å²) in [6, 6.07) is 13.3. The summed E-state index contributed by atoms with van der Waals surface area (Å²) in [6.45, 7) is 6.01. The second kappa shape index (κ2) is 9.67. The maximum Gasteiger partial charge on any atom is 0.234 e. The number of rotatable bonds is 8. The topological polar surface area (TPSA) is 78.3 Å². The Morgan fingerprint density at radius 1 is 1.17 bits per heavy atom. The number of carbonyl (C=O) groups excluding carboxylic acids is 1. The number of hydrogen-bond donors (Lipinski definition) is 1. The van der Waals surface area contributed by atoms with Crippen LogP contribution in [0.25, 0.3) is 0 Å². The van der Waals surface area contributed by atoms with Crippen LogP contribution in [0.4, 0.5) is 5.69 Å². The molecular weight excluding hydrogens is 400 g/mol. The van der Waals surface area contributed by atoms with Crippen LogP contribution in [0, 0.1) is 13.8 Å². The summed E-state index contributed by atoms with van der Waals surface area (Å²) in [7, 11) is 3.48. The predicted molar refractivity (Wildman–Crippen MR) is 118 cm³/mol. The molecule has 0 spiro atoms. The van der Waals surface area contributed by atoms with E-state index < -0.39 is 0 Å². The molecule has 0 aliphatic rings. The number of hydrogen-bond acceptors (Lipinski definition) is 6. The van der Waals surface area contributed by atoms with Crippen LogP contribution in [-0.2, 0) is 11.8 Å². The van der Waals surface area contributed by atoms with E-state index in [1.54, 1.807) is 31.4 Å². The van der Waals surface area contributed by atoms with E-state index >= 15 is 0 Å². The summed E-state index contributed by atoms with van der Waals surface area (Å²) in [5, 5.41) is 12.0. The summed E-state index contributed by atoms with van der Waals surface area (Å²) in [5.74, 6) is 2.38. The molecule has 1 aromatic heterocycles. The van der Waals surface area contributed by atoms with E-state index in [4.69, 9.17) is 9.47 Å². The van der Waals surface area contributed by atoms with Crippen molar-refractivity contribution < 1.29 is 14.3 Å². The lowest BCUT2D eigenvalue weighted by molar-refractivity contribution is -0.113. The molecule has 0 bridgehead atoms. The van der Waals surface area contributed by atoms with Gasteiger partial charge in [0, 0.05) is 12.7 Å². The molecular formula is C22H26N4O3S. The number of nitrogens with zero attached hydrogens (tertiary/aromatic N) is 3. The lowest BCUT2D eigenvalue weighted by atomic mass is 10.1. The van der Waals surface area contributed by atoms with E-state index in [1.807, 2.05) is 37.6 Å². The molecule has 7 nitrogen and oxygen atoms in total. The molecule has 0 fully saturated rings. The second-order valence-corrected chi connectivity index (χ2v) is 7.94. The van der Waals surface area contributed by atoms with Gasteiger partial charge < -0.3 is 19.4 Å². The first kappa shape index (κ1) is 21.7. The molecule has 0 saturated heterocycles. The van der Waals surface area contributed by atoms with Crippen LogP contribution in [-0.4, -0.2) is 33.5 Å². The first-order valence-electron chi connectivity index (χ1n) is 9.57. The Hall–Kier alpha value is -3.00. The molecule has 3 rings (SSSR count). The van der Waals surface area contributed by atoms with Crippen LogP contribution in [0.3, 0.4) is 0 Å². The van der Waals surface area contributed by atoms with Gasteiger partial charge in [0.15, 0.2) is 17.1 Å². The van der Waals surface area contributed by atoms with Crippen LogP contribution in [0.2, 0.25) is 0 Å². The molecule has 0 saturated carbocycles. The van der Waals surface area contributed by atoms with Gasteiger partial charge in [0.05, 0.1) is 12.9 Å². The molecule has 0 radical (unpaired) electrons. The van der Waals surface area contributed by atoms with Gasteiger partial charge in [-0.05, 0) is 56.7 Å². The summed E-state index contributed by atoms with van der Waals surface area (Å²) < 4.78 is 13.1. The molecule has 0 aliphatic carbocycles. The Kier molecular flexibility index (Phi) is 6.99. The minimum atomic E-state index is -0.272. The molecule has 1 unspecified atom stereocenters. The van der Waals surface area contributed by atoms with Gasteiger partial charge in [-0.1, -0.05) is 29.5 Å². The molecule has 2 aromatic carbocycles. The van der Waals surface area contributed by atoms with Crippen molar-refractivity contribution >= 4 is 23.4 Å². The standard InChI is InChI=1S/C22H26N4O3S/c1-14-6-11-19(15(2)12-14)29-16(3)21-24-25-22(26(21)4)30-13-20(27)23-17-7-9-18(28-5)10-8-17/h6-12,16H,13H2,1-5H3,(H,23,27). The second-order valence-electron chi connectivity index (χ2n) is 6.99. The Morgan fingerprint density at radius 2 is 1.90 bits per heavy atom. The quantitative estimate of drug-likeness (QED) is 0.541. The minimum Gasteiger partial charge on any atom is -0.497 e. The van der Waals surface area contributed by atoms with E-state index in [1.165, 1.54) is 17.3 Å². The molecule has 0 aliphatic heterocycles. The smallest absolute Gasteiger partial charge is 0.234 e. The van der Waals surface area contributed by atoms with Crippen molar-refractivity contribution in [3.05, 3.63) is 59.4 Å². The van der Waals surface area contributed by atoms with E-state index in [9.17, 15) is 4.79 Å². The third-order valence-electron chi connectivity index (χ3n) is 4.57. The van der Waals surface area contributed by atoms with E-state index in [2.05, 4.69) is 28.5 Å². The molecule has 30 heavy (non-hydrogen) atoms. The molecule has 1 atom stereocenters. The zero-order chi connectivity index (χ0) is 21.7. The van der Waals surface area contributed by atoms with Crippen molar-refractivity contribution in [2.75, 3.05) is 18.2 Å². The summed E-state index contributed by atoms with van der Waals surface area (Å²) in [4.78, 5) is 12.3. The molecule has 8 heteroatoms. The molecule has 1 N–H and O–H groups in total. The van der Waals surface area contributed by atoms with Crippen LogP contribution < -0.4 is 14.8 Å². The minimum absolute atomic E-state index is 0.116. The van der Waals surface area contributed by atoms with Gasteiger partial charge in [0.25, 0.3) is 0 Å². The lowest BCUT2D eigenvalue weighted by Crippen LogP contribution is -2.15. The summed E-state index contributed by atoms with van der Waals surface area (Å²) in [5.41, 5.74) is 2.99. The Balaban J connectivity index is 1.58. The number of ether oxygens (including phenoxy) is 2. The van der Waals surface area contributed by atoms with Crippen LogP contribution in [0.1, 0.15) is 30.0 Å². The van der Waals surface area contributed by atoms with Gasteiger partial charge in [0.1, 0.15) is 11.5 Å². The number of methoxy groups -OCH3 is 1. The number of aromatic nitrogens is 3. The maximum atomic E-state index is 12.3. The van der Waals surface area contributed by atoms with Crippen molar-refractivity contribution in [3.8, 4) is 11.5 Å². The van der Waals surface area contributed by atoms with Gasteiger partial charge in [-0.15, -0.1) is 10.2 Å². The summed E-state index contributed by atoms with van der Waals surface area (Å²) in [6.07, 6.45) is -0.272. The monoisotopic (exact) mass is 426 g/mol. The Bertz CT molecular complexity index is 1020. The number of carbonyl (C=O) groups is 1. The van der Waals surface area contributed by atoms with E-state index in [-0.39, 0.29) is 17.8 Å². The van der Waals surface area contributed by atoms with Gasteiger partial charge in [-0.3, -0.25) is 4.79 Å². The number of thioether (sulfide) groups is 1. The van der Waals surface area contributed by atoms with Gasteiger partial charge in [-0.2, -0.15) is 0 Å². The Morgan fingerprint density at radius 3 is 2.57 bits per heavy atom. The van der Waals surface area contributed by atoms with Crippen LogP contribution in [0.5, 0.6) is 11.5 Å². The maximum absolute atomic E-state index is 12.3. The molecule has 3 aromatic rings. The highest BCUT2D eigenvalue weighted by Gasteiger charge is 2.18. The highest BCUT2D eigenvalue weighted by molar-refractivity contribution is 7.99. The van der Waals surface area contributed by atoms with Crippen LogP contribution >= 0.6 is 11.8 Å². The third kappa shape index (κ3) is 5.33. The van der Waals surface area contributed by atoms with Crippen molar-refractivity contribution in [3.63, 3.8) is 0 Å². The average Bonchev–Trinajstić information content (AvgIpc) is 3.09. The number of benzene rings is 2. The zero-order valence-electron chi connectivity index (χ0n) is 17.8. The lowest BCUT2D eigenvalue weighted by Gasteiger charge is -2.16. The highest BCUT2D eigenvalue weighted by atomic mass is 32.2. The fourth-order valence-corrected chi connectivity index (χ4v) is 3.70. The summed E-state index contributed by atoms with van der Waals surface area (Å²) >= 11 is 1.33. The first-order chi connectivity index (χ1) is 14.4. The third-order valence-corrected chi connectivity index (χ3v) is 5.59. The number of anilines is 1. The molecule has 158 valence electrons. The fourth-order valence-electron chi connectivity index (χ4n) is 2.98. The number of amides is 1. The first-order valence-corrected chi connectivity index (χ1v) is 10.6. The Labute approximate surface area is 180 Å². The average molecular weight is 427 g/mol. The van der Waals surface area contributed by atoms with Crippen molar-refractivity contribution in [1.29, 1.82) is 0 Å². The molecule has 1 amide bonds. The van der Waals surface area contributed by atoms with Gasteiger partial charge >= 0.3 is 0 Å². The van der Waals surface area contributed by atoms with E-state index in [0.717, 1.165) is 22.7 Å². The normalized spacial score (nSPS) is 11.8. The number of aryl methyl sites for hydroxylation is 2. The SMILES string of the molecule is COc1ccc(NC(=O)CSc2nnc(C(C)Oc3ccc(C)cc3C)n2C)cc1. The van der Waals surface area contributed by atoms with Crippen molar-refractivity contribution in [2.45, 2.75) is 32.0 Å². The highest BCUT2D eigenvalue weighted by Crippen LogP contribution is 2.26. The molecule has 1 heterocycles. The van der Waals surface area contributed by atoms with Gasteiger partial charge in [0.2, 0.25) is 5.91 Å². The fraction of sp³-hybridized carbons (Fsp3) is 0.318. The van der Waals surface area contributed by atoms with Gasteiger partial charge in [-0.25, -0.2) is 0 Å². The zero-order valence-corrected chi connectivity index (χ0v) is 18.6. The van der Waals surface area contributed by atoms with E-state index in [0.29, 0.717) is 11.0 Å².